The van der Waals surface area contributed by atoms with Crippen LogP contribution >= 0.6 is 0 Å². The lowest BCUT2D eigenvalue weighted by atomic mass is 10.1. The molecule has 1 amide bonds. The number of amides is 1. The van der Waals surface area contributed by atoms with Crippen molar-refractivity contribution in [3.63, 3.8) is 0 Å². The Hall–Kier alpha value is -2.89. The Morgan fingerprint density at radius 1 is 1.12 bits per heavy atom. The Labute approximate surface area is 140 Å². The second-order valence-electron chi connectivity index (χ2n) is 5.18. The molecule has 1 atom stereocenters. The molecular formula is C18H20N2O4. The fraction of sp³-hybridized carbons (Fsp3) is 0.278. The maximum atomic E-state index is 12.2. The SMILES string of the molecule is COC(=O)[C@H](Cc1cccnc1OC)NC(=O)Cc1ccccc1. The molecule has 2 rings (SSSR count). The quantitative estimate of drug-likeness (QED) is 0.780. The highest BCUT2D eigenvalue weighted by Crippen LogP contribution is 2.16. The molecule has 6 heteroatoms. The van der Waals surface area contributed by atoms with Crippen LogP contribution in [0.15, 0.2) is 48.7 Å². The summed E-state index contributed by atoms with van der Waals surface area (Å²) >= 11 is 0. The Morgan fingerprint density at radius 2 is 1.88 bits per heavy atom. The molecule has 0 radical (unpaired) electrons. The molecule has 1 heterocycles. The van der Waals surface area contributed by atoms with Gasteiger partial charge in [-0.1, -0.05) is 36.4 Å². The van der Waals surface area contributed by atoms with Crippen LogP contribution in [0, 0.1) is 0 Å². The number of ether oxygens (including phenoxy) is 2. The van der Waals surface area contributed by atoms with E-state index in [9.17, 15) is 9.59 Å². The summed E-state index contributed by atoms with van der Waals surface area (Å²) in [7, 11) is 2.80. The number of carbonyl (C=O) groups excluding carboxylic acids is 2. The van der Waals surface area contributed by atoms with Crippen molar-refractivity contribution in [3.8, 4) is 5.88 Å². The molecule has 0 unspecified atom stereocenters. The molecular weight excluding hydrogens is 308 g/mol. The van der Waals surface area contributed by atoms with E-state index < -0.39 is 12.0 Å². The van der Waals surface area contributed by atoms with Crippen LogP contribution in [0.25, 0.3) is 0 Å². The third-order valence-electron chi connectivity index (χ3n) is 3.50. The van der Waals surface area contributed by atoms with Gasteiger partial charge >= 0.3 is 5.97 Å². The fourth-order valence-corrected chi connectivity index (χ4v) is 2.35. The number of nitrogens with one attached hydrogen (secondary N) is 1. The van der Waals surface area contributed by atoms with Gasteiger partial charge in [0, 0.05) is 18.2 Å². The second kappa shape index (κ2) is 8.67. The van der Waals surface area contributed by atoms with Crippen LogP contribution in [0.3, 0.4) is 0 Å². The van der Waals surface area contributed by atoms with Crippen LogP contribution in [0.2, 0.25) is 0 Å². The highest BCUT2D eigenvalue weighted by atomic mass is 16.5. The van der Waals surface area contributed by atoms with E-state index in [0.29, 0.717) is 5.88 Å². The highest BCUT2D eigenvalue weighted by molar-refractivity contribution is 5.85. The van der Waals surface area contributed by atoms with Gasteiger partial charge in [0.1, 0.15) is 6.04 Å². The van der Waals surface area contributed by atoms with Crippen LogP contribution in [-0.4, -0.2) is 37.1 Å². The van der Waals surface area contributed by atoms with Gasteiger partial charge in [0.15, 0.2) is 0 Å². The van der Waals surface area contributed by atoms with Crippen molar-refractivity contribution in [2.24, 2.45) is 0 Å². The van der Waals surface area contributed by atoms with Crippen LogP contribution < -0.4 is 10.1 Å². The number of benzene rings is 1. The molecule has 0 aliphatic heterocycles. The van der Waals surface area contributed by atoms with Gasteiger partial charge in [-0.3, -0.25) is 4.79 Å². The normalized spacial score (nSPS) is 11.4. The van der Waals surface area contributed by atoms with Crippen LogP contribution in [-0.2, 0) is 27.2 Å². The maximum absolute atomic E-state index is 12.2. The Kier molecular flexibility index (Phi) is 6.31. The Bertz CT molecular complexity index is 688. The highest BCUT2D eigenvalue weighted by Gasteiger charge is 2.23. The van der Waals surface area contributed by atoms with Gasteiger partial charge in [-0.15, -0.1) is 0 Å². The minimum atomic E-state index is -0.802. The van der Waals surface area contributed by atoms with Gasteiger partial charge in [-0.25, -0.2) is 9.78 Å². The number of rotatable bonds is 7. The second-order valence-corrected chi connectivity index (χ2v) is 5.18. The standard InChI is InChI=1S/C18H20N2O4/c1-23-17-14(9-6-10-19-17)12-15(18(22)24-2)20-16(21)11-13-7-4-3-5-8-13/h3-10,15H,11-12H2,1-2H3,(H,20,21)/t15-/m0/s1. The number of carbonyl (C=O) groups is 2. The molecule has 0 saturated carbocycles. The fourth-order valence-electron chi connectivity index (χ4n) is 2.35. The third-order valence-corrected chi connectivity index (χ3v) is 3.50. The summed E-state index contributed by atoms with van der Waals surface area (Å²) < 4.78 is 9.98. The van der Waals surface area contributed by atoms with Gasteiger partial charge in [0.2, 0.25) is 11.8 Å². The number of nitrogens with zero attached hydrogens (tertiary/aromatic N) is 1. The van der Waals surface area contributed by atoms with Crippen molar-refractivity contribution in [1.29, 1.82) is 0 Å². The van der Waals surface area contributed by atoms with E-state index in [0.717, 1.165) is 11.1 Å². The van der Waals surface area contributed by atoms with E-state index in [1.165, 1.54) is 14.2 Å². The molecule has 126 valence electrons. The molecule has 1 N–H and O–H groups in total. The lowest BCUT2D eigenvalue weighted by Crippen LogP contribution is -2.43. The topological polar surface area (TPSA) is 77.5 Å². The Balaban J connectivity index is 2.08. The zero-order valence-electron chi connectivity index (χ0n) is 13.7. The third kappa shape index (κ3) is 4.81. The summed E-state index contributed by atoms with van der Waals surface area (Å²) in [6.07, 6.45) is 2.03. The average Bonchev–Trinajstić information content (AvgIpc) is 2.61. The molecule has 6 nitrogen and oxygen atoms in total. The predicted octanol–water partition coefficient (Wildman–Crippen LogP) is 1.53. The van der Waals surface area contributed by atoms with Crippen LogP contribution in [0.4, 0.5) is 0 Å². The minimum Gasteiger partial charge on any atom is -0.481 e. The zero-order valence-corrected chi connectivity index (χ0v) is 13.7. The molecule has 24 heavy (non-hydrogen) atoms. The molecule has 2 aromatic rings. The summed E-state index contributed by atoms with van der Waals surface area (Å²) in [6.45, 7) is 0. The van der Waals surface area contributed by atoms with Crippen molar-refractivity contribution in [1.82, 2.24) is 10.3 Å². The maximum Gasteiger partial charge on any atom is 0.328 e. The van der Waals surface area contributed by atoms with E-state index in [1.807, 2.05) is 30.3 Å². The monoisotopic (exact) mass is 328 g/mol. The summed E-state index contributed by atoms with van der Waals surface area (Å²) in [5.41, 5.74) is 1.59. The lowest BCUT2D eigenvalue weighted by Gasteiger charge is -2.17. The summed E-state index contributed by atoms with van der Waals surface area (Å²) in [5.74, 6) is -0.342. The molecule has 0 aliphatic carbocycles. The number of methoxy groups -OCH3 is 2. The molecule has 0 spiro atoms. The molecule has 0 saturated heterocycles. The minimum absolute atomic E-state index is 0.193. The molecule has 0 bridgehead atoms. The average molecular weight is 328 g/mol. The summed E-state index contributed by atoms with van der Waals surface area (Å²) in [6, 6.07) is 12.1. The summed E-state index contributed by atoms with van der Waals surface area (Å²) in [4.78, 5) is 28.3. The number of esters is 1. The molecule has 0 fully saturated rings. The molecule has 0 aliphatic rings. The van der Waals surface area contributed by atoms with Crippen LogP contribution in [0.5, 0.6) is 5.88 Å². The molecule has 1 aromatic heterocycles. The van der Waals surface area contributed by atoms with Crippen molar-refractivity contribution >= 4 is 11.9 Å². The largest absolute Gasteiger partial charge is 0.481 e. The first-order chi connectivity index (χ1) is 11.6. The summed E-state index contributed by atoms with van der Waals surface area (Å²) in [5, 5.41) is 2.72. The number of hydrogen-bond donors (Lipinski definition) is 1. The van der Waals surface area contributed by atoms with Gasteiger partial charge in [0.05, 0.1) is 20.6 Å². The van der Waals surface area contributed by atoms with Crippen molar-refractivity contribution < 1.29 is 19.1 Å². The van der Waals surface area contributed by atoms with Gasteiger partial charge in [0.25, 0.3) is 0 Å². The van der Waals surface area contributed by atoms with Gasteiger partial charge in [-0.2, -0.15) is 0 Å². The first-order valence-corrected chi connectivity index (χ1v) is 7.53. The van der Waals surface area contributed by atoms with Crippen LogP contribution in [0.1, 0.15) is 11.1 Å². The first-order valence-electron chi connectivity index (χ1n) is 7.53. The zero-order chi connectivity index (χ0) is 17.4. The van der Waals surface area contributed by atoms with Crippen molar-refractivity contribution in [2.75, 3.05) is 14.2 Å². The molecule has 1 aromatic carbocycles. The first kappa shape index (κ1) is 17.5. The number of pyridine rings is 1. The Morgan fingerprint density at radius 3 is 2.54 bits per heavy atom. The van der Waals surface area contributed by atoms with E-state index in [-0.39, 0.29) is 18.7 Å². The smallest absolute Gasteiger partial charge is 0.328 e. The van der Waals surface area contributed by atoms with E-state index in [1.54, 1.807) is 18.3 Å². The van der Waals surface area contributed by atoms with E-state index >= 15 is 0 Å². The van der Waals surface area contributed by atoms with Crippen molar-refractivity contribution in [2.45, 2.75) is 18.9 Å². The lowest BCUT2D eigenvalue weighted by molar-refractivity contribution is -0.145. The van der Waals surface area contributed by atoms with Crippen molar-refractivity contribution in [3.05, 3.63) is 59.8 Å². The predicted molar refractivity (Wildman–Crippen MR) is 88.6 cm³/mol. The van der Waals surface area contributed by atoms with E-state index in [2.05, 4.69) is 10.3 Å². The number of aromatic nitrogens is 1. The number of hydrogen-bond acceptors (Lipinski definition) is 5. The van der Waals surface area contributed by atoms with Gasteiger partial charge < -0.3 is 14.8 Å². The van der Waals surface area contributed by atoms with Gasteiger partial charge in [-0.05, 0) is 11.6 Å². The van der Waals surface area contributed by atoms with E-state index in [4.69, 9.17) is 9.47 Å².